The molecule has 2 N–H and O–H groups in total. The van der Waals surface area contributed by atoms with Gasteiger partial charge in [-0.15, -0.1) is 0 Å². The maximum atomic E-state index is 13.4. The monoisotopic (exact) mass is 390 g/mol. The number of rotatable bonds is 4. The third-order valence-corrected chi connectivity index (χ3v) is 5.08. The summed E-state index contributed by atoms with van der Waals surface area (Å²) in [6, 6.07) is 12.8. The molecule has 1 aliphatic rings. The highest BCUT2D eigenvalue weighted by Gasteiger charge is 2.63. The largest absolute Gasteiger partial charge is 0.371 e. The molecule has 3 rings (SSSR count). The fraction of sp³-hybridized carbons (Fsp3) is 0.300. The van der Waals surface area contributed by atoms with E-state index in [1.165, 1.54) is 17.0 Å². The van der Waals surface area contributed by atoms with Crippen LogP contribution in [0.1, 0.15) is 19.4 Å². The molecule has 0 aliphatic carbocycles. The van der Waals surface area contributed by atoms with E-state index >= 15 is 0 Å². The molecule has 5 nitrogen and oxygen atoms in total. The number of benzene rings is 2. The number of carbonyl (C=O) groups is 2. The minimum absolute atomic E-state index is 0.0622. The number of carbonyl (C=O) groups excluding carboxylic acids is 2. The summed E-state index contributed by atoms with van der Waals surface area (Å²) in [6.07, 6.45) is 0. The fourth-order valence-corrected chi connectivity index (χ4v) is 3.55. The molecule has 142 valence electrons. The molecule has 1 unspecified atom stereocenters. The Morgan fingerprint density at radius 2 is 1.93 bits per heavy atom. The zero-order chi connectivity index (χ0) is 19.8. The van der Waals surface area contributed by atoms with Crippen molar-refractivity contribution in [1.29, 1.82) is 0 Å². The predicted molar refractivity (Wildman–Crippen MR) is 101 cm³/mol. The second-order valence-electron chi connectivity index (χ2n) is 7.28. The molecule has 0 bridgehead atoms. The van der Waals surface area contributed by atoms with Crippen LogP contribution in [-0.4, -0.2) is 29.1 Å². The zero-order valence-electron chi connectivity index (χ0n) is 15.0. The summed E-state index contributed by atoms with van der Waals surface area (Å²) in [5.74, 6) is -2.04. The van der Waals surface area contributed by atoms with Crippen molar-refractivity contribution in [3.8, 4) is 0 Å². The lowest BCUT2D eigenvalue weighted by molar-refractivity contribution is -0.158. The molecule has 7 heteroatoms. The molecule has 0 radical (unpaired) electrons. The van der Waals surface area contributed by atoms with Crippen LogP contribution in [0.2, 0.25) is 5.02 Å². The predicted octanol–water partition coefficient (Wildman–Crippen LogP) is 2.90. The van der Waals surface area contributed by atoms with Gasteiger partial charge in [-0.05, 0) is 35.9 Å². The van der Waals surface area contributed by atoms with Crippen LogP contribution >= 0.6 is 11.6 Å². The van der Waals surface area contributed by atoms with Gasteiger partial charge in [-0.3, -0.25) is 9.59 Å². The normalized spacial score (nSPS) is 21.4. The first-order chi connectivity index (χ1) is 12.6. The molecule has 2 amide bonds. The van der Waals surface area contributed by atoms with E-state index in [4.69, 9.17) is 11.6 Å². The Morgan fingerprint density at radius 1 is 1.26 bits per heavy atom. The van der Waals surface area contributed by atoms with Crippen LogP contribution in [0.5, 0.6) is 0 Å². The van der Waals surface area contributed by atoms with Crippen molar-refractivity contribution in [3.63, 3.8) is 0 Å². The van der Waals surface area contributed by atoms with E-state index in [0.717, 1.165) is 6.07 Å². The van der Waals surface area contributed by atoms with Crippen molar-refractivity contribution in [2.45, 2.75) is 26.0 Å². The zero-order valence-corrected chi connectivity index (χ0v) is 15.8. The van der Waals surface area contributed by atoms with Gasteiger partial charge in [0, 0.05) is 29.2 Å². The summed E-state index contributed by atoms with van der Waals surface area (Å²) in [4.78, 5) is 27.1. The van der Waals surface area contributed by atoms with Crippen LogP contribution in [0.25, 0.3) is 0 Å². The van der Waals surface area contributed by atoms with Gasteiger partial charge >= 0.3 is 0 Å². The molecule has 0 aromatic heterocycles. The summed E-state index contributed by atoms with van der Waals surface area (Å²) in [6.45, 7) is 3.44. The highest BCUT2D eigenvalue weighted by molar-refractivity contribution is 6.30. The topological polar surface area (TPSA) is 69.6 Å². The number of halogens is 2. The number of nitrogens with zero attached hydrogens (tertiary/aromatic N) is 1. The molecule has 2 aromatic carbocycles. The van der Waals surface area contributed by atoms with E-state index in [9.17, 15) is 19.1 Å². The highest BCUT2D eigenvalue weighted by atomic mass is 35.5. The molecule has 27 heavy (non-hydrogen) atoms. The summed E-state index contributed by atoms with van der Waals surface area (Å²) >= 11 is 5.81. The van der Waals surface area contributed by atoms with Crippen LogP contribution in [0.3, 0.4) is 0 Å². The van der Waals surface area contributed by atoms with Crippen LogP contribution in [-0.2, 0) is 16.1 Å². The van der Waals surface area contributed by atoms with Gasteiger partial charge in [-0.1, -0.05) is 43.6 Å². The Balaban J connectivity index is 1.82. The maximum absolute atomic E-state index is 13.4. The molecule has 1 aliphatic heterocycles. The van der Waals surface area contributed by atoms with Gasteiger partial charge in [0.1, 0.15) is 5.82 Å². The van der Waals surface area contributed by atoms with E-state index in [-0.39, 0.29) is 18.1 Å². The lowest BCUT2D eigenvalue weighted by Crippen LogP contribution is -2.58. The number of hydrogen-bond donors (Lipinski definition) is 2. The maximum Gasteiger partial charge on any atom is 0.269 e. The highest BCUT2D eigenvalue weighted by Crippen LogP contribution is 2.42. The molecule has 1 atom stereocenters. The van der Waals surface area contributed by atoms with Gasteiger partial charge in [0.2, 0.25) is 5.60 Å². The standard InChI is InChI=1S/C20H20ClFN2O3/c1-19(2)12-24(16-6-4-3-5-7-16)18(26)20(19,27)17(25)23-11-13-8-14(21)10-15(22)9-13/h3-10,27H,11-12H2,1-2H3,(H,23,25). The van der Waals surface area contributed by atoms with Crippen LogP contribution in [0, 0.1) is 11.2 Å². The third kappa shape index (κ3) is 3.42. The summed E-state index contributed by atoms with van der Waals surface area (Å²) in [7, 11) is 0. The second kappa shape index (κ2) is 6.94. The Morgan fingerprint density at radius 3 is 2.56 bits per heavy atom. The Labute approximate surface area is 161 Å². The lowest BCUT2D eigenvalue weighted by Gasteiger charge is -2.31. The van der Waals surface area contributed by atoms with Crippen molar-refractivity contribution >= 4 is 29.1 Å². The number of aliphatic hydroxyl groups is 1. The number of amides is 2. The molecular weight excluding hydrogens is 371 g/mol. The Kier molecular flexibility index (Phi) is 4.97. The van der Waals surface area contributed by atoms with E-state index in [2.05, 4.69) is 5.32 Å². The first-order valence-corrected chi connectivity index (χ1v) is 8.85. The fourth-order valence-electron chi connectivity index (χ4n) is 3.31. The van der Waals surface area contributed by atoms with E-state index in [0.29, 0.717) is 11.3 Å². The van der Waals surface area contributed by atoms with Crippen molar-refractivity contribution in [3.05, 3.63) is 64.9 Å². The quantitative estimate of drug-likeness (QED) is 0.789. The number of hydrogen-bond acceptors (Lipinski definition) is 3. The molecule has 1 fully saturated rings. The smallest absolute Gasteiger partial charge is 0.269 e. The summed E-state index contributed by atoms with van der Waals surface area (Å²) in [5.41, 5.74) is -2.22. The van der Waals surface area contributed by atoms with Crippen molar-refractivity contribution in [2.24, 2.45) is 5.41 Å². The summed E-state index contributed by atoms with van der Waals surface area (Å²) in [5, 5.41) is 13.8. The average Bonchev–Trinajstić information content (AvgIpc) is 2.80. The van der Waals surface area contributed by atoms with Gasteiger partial charge in [-0.25, -0.2) is 4.39 Å². The molecule has 2 aromatic rings. The average molecular weight is 391 g/mol. The minimum atomic E-state index is -2.24. The summed E-state index contributed by atoms with van der Waals surface area (Å²) < 4.78 is 13.4. The van der Waals surface area contributed by atoms with E-state index < -0.39 is 28.6 Å². The number of anilines is 1. The Bertz CT molecular complexity index is 868. The third-order valence-electron chi connectivity index (χ3n) is 4.86. The van der Waals surface area contributed by atoms with E-state index in [1.54, 1.807) is 38.1 Å². The van der Waals surface area contributed by atoms with Crippen LogP contribution in [0.15, 0.2) is 48.5 Å². The first-order valence-electron chi connectivity index (χ1n) is 8.48. The lowest BCUT2D eigenvalue weighted by atomic mass is 9.77. The van der Waals surface area contributed by atoms with Crippen molar-refractivity contribution in [1.82, 2.24) is 5.32 Å². The number of para-hydroxylation sites is 1. The van der Waals surface area contributed by atoms with Gasteiger partial charge in [0.05, 0.1) is 0 Å². The molecule has 0 saturated carbocycles. The molecule has 1 heterocycles. The van der Waals surface area contributed by atoms with Crippen molar-refractivity contribution < 1.29 is 19.1 Å². The van der Waals surface area contributed by atoms with Crippen LogP contribution in [0.4, 0.5) is 10.1 Å². The second-order valence-corrected chi connectivity index (χ2v) is 7.72. The van der Waals surface area contributed by atoms with Gasteiger partial charge in [0.25, 0.3) is 11.8 Å². The first kappa shape index (κ1) is 19.3. The molecule has 0 spiro atoms. The van der Waals surface area contributed by atoms with Gasteiger partial charge in [0.15, 0.2) is 0 Å². The van der Waals surface area contributed by atoms with Crippen LogP contribution < -0.4 is 10.2 Å². The number of nitrogens with one attached hydrogen (secondary N) is 1. The Hall–Kier alpha value is -2.44. The van der Waals surface area contributed by atoms with Gasteiger partial charge in [-0.2, -0.15) is 0 Å². The molecular formula is C20H20ClFN2O3. The minimum Gasteiger partial charge on any atom is -0.371 e. The SMILES string of the molecule is CC1(C)CN(c2ccccc2)C(=O)C1(O)C(=O)NCc1cc(F)cc(Cl)c1. The van der Waals surface area contributed by atoms with Gasteiger partial charge < -0.3 is 15.3 Å². The van der Waals surface area contributed by atoms with E-state index in [1.807, 2.05) is 6.07 Å². The van der Waals surface area contributed by atoms with Crippen molar-refractivity contribution in [2.75, 3.05) is 11.4 Å². The molecule has 1 saturated heterocycles.